The Labute approximate surface area is 63.9 Å². The van der Waals surface area contributed by atoms with E-state index in [-0.39, 0.29) is 18.6 Å². The van der Waals surface area contributed by atoms with Gasteiger partial charge in [0.05, 0.1) is 0 Å². The molecule has 0 aliphatic heterocycles. The second-order valence-electron chi connectivity index (χ2n) is 1.88. The van der Waals surface area contributed by atoms with Crippen LogP contribution >= 0.6 is 12.4 Å². The molecule has 0 heterocycles. The highest BCUT2D eigenvalue weighted by Gasteiger charge is 1.81. The van der Waals surface area contributed by atoms with Crippen LogP contribution in [0.3, 0.4) is 0 Å². The molecule has 0 aromatic heterocycles. The van der Waals surface area contributed by atoms with Crippen molar-refractivity contribution < 1.29 is 0 Å². The molecule has 0 radical (unpaired) electrons. The van der Waals surface area contributed by atoms with Crippen LogP contribution in [0, 0.1) is 0 Å². The van der Waals surface area contributed by atoms with Crippen molar-refractivity contribution in [2.24, 2.45) is 0 Å². The Morgan fingerprint density at radius 2 is 1.89 bits per heavy atom. The summed E-state index contributed by atoms with van der Waals surface area (Å²) in [6, 6.07) is 0. The Hall–Kier alpha value is -0.0500. The maximum Gasteiger partial charge on any atom is 0.000970 e. The molecule has 0 aromatic carbocycles. The minimum Gasteiger partial charge on any atom is -0.344 e. The van der Waals surface area contributed by atoms with E-state index in [0.717, 1.165) is 13.0 Å². The van der Waals surface area contributed by atoms with Crippen molar-refractivity contribution in [2.75, 3.05) is 20.6 Å². The molecule has 0 atom stereocenters. The number of hydrogen-bond donors (Lipinski definition) is 1. The lowest BCUT2D eigenvalue weighted by Crippen LogP contribution is -2.11. The highest BCUT2D eigenvalue weighted by molar-refractivity contribution is 5.85. The van der Waals surface area contributed by atoms with Gasteiger partial charge in [-0.25, -0.2) is 0 Å². The Bertz CT molecular complexity index is 55.0. The van der Waals surface area contributed by atoms with Gasteiger partial charge in [-0.15, -0.1) is 19.0 Å². The Kier molecular flexibility index (Phi) is 19.3. The summed E-state index contributed by atoms with van der Waals surface area (Å²) in [5, 5.41) is 0. The van der Waals surface area contributed by atoms with Crippen molar-refractivity contribution in [3.8, 4) is 0 Å². The van der Waals surface area contributed by atoms with Crippen LogP contribution in [0.25, 0.3) is 0 Å². The van der Waals surface area contributed by atoms with E-state index in [9.17, 15) is 0 Å². The molecular weight excluding hydrogens is 136 g/mol. The average molecular weight is 153 g/mol. The lowest BCUT2D eigenvalue weighted by Gasteiger charge is -2.04. The van der Waals surface area contributed by atoms with Gasteiger partial charge in [-0.05, 0) is 20.5 Å². The topological polar surface area (TPSA) is 38.2 Å². The summed E-state index contributed by atoms with van der Waals surface area (Å²) in [6.45, 7) is 4.72. The normalized spacial score (nSPS) is 7.44. The van der Waals surface area contributed by atoms with Gasteiger partial charge >= 0.3 is 0 Å². The molecule has 0 spiro atoms. The van der Waals surface area contributed by atoms with E-state index >= 15 is 0 Å². The van der Waals surface area contributed by atoms with Crippen LogP contribution in [-0.2, 0) is 0 Å². The van der Waals surface area contributed by atoms with Crippen LogP contribution in [-0.4, -0.2) is 25.5 Å². The van der Waals surface area contributed by atoms with Crippen LogP contribution in [0.1, 0.15) is 6.42 Å². The Balaban J connectivity index is -0.000000180. The van der Waals surface area contributed by atoms with Crippen LogP contribution in [0.2, 0.25) is 0 Å². The van der Waals surface area contributed by atoms with Crippen molar-refractivity contribution in [3.05, 3.63) is 12.7 Å². The first kappa shape index (κ1) is 16.0. The van der Waals surface area contributed by atoms with Gasteiger partial charge in [0.1, 0.15) is 0 Å². The maximum absolute atomic E-state index is 3.61. The number of halogens is 1. The van der Waals surface area contributed by atoms with E-state index in [1.165, 1.54) is 0 Å². The third-order valence-corrected chi connectivity index (χ3v) is 0.780. The molecule has 0 aliphatic rings. The Morgan fingerprint density at radius 1 is 1.44 bits per heavy atom. The first-order valence-corrected chi connectivity index (χ1v) is 2.53. The molecule has 3 heteroatoms. The zero-order valence-electron chi connectivity index (χ0n) is 6.26. The fourth-order valence-electron chi connectivity index (χ4n) is 0.349. The molecule has 0 aromatic rings. The van der Waals surface area contributed by atoms with Gasteiger partial charge in [0.25, 0.3) is 0 Å². The van der Waals surface area contributed by atoms with Crippen molar-refractivity contribution in [1.29, 1.82) is 0 Å². The fraction of sp³-hybridized carbons (Fsp3) is 0.667. The molecule has 9 heavy (non-hydrogen) atoms. The van der Waals surface area contributed by atoms with Gasteiger partial charge in [0.15, 0.2) is 0 Å². The van der Waals surface area contributed by atoms with E-state index < -0.39 is 0 Å². The van der Waals surface area contributed by atoms with Gasteiger partial charge < -0.3 is 11.1 Å². The first-order chi connectivity index (χ1) is 3.27. The average Bonchev–Trinajstić information content (AvgIpc) is 1.61. The number of nitrogens with zero attached hydrogens (tertiary/aromatic N) is 1. The second kappa shape index (κ2) is 10.8. The molecule has 2 nitrogen and oxygen atoms in total. The molecule has 0 rings (SSSR count). The first-order valence-electron chi connectivity index (χ1n) is 2.53. The summed E-state index contributed by atoms with van der Waals surface area (Å²) in [6.07, 6.45) is 3.02. The summed E-state index contributed by atoms with van der Waals surface area (Å²) >= 11 is 0. The van der Waals surface area contributed by atoms with Gasteiger partial charge in [-0.1, -0.05) is 6.08 Å². The van der Waals surface area contributed by atoms with E-state index in [4.69, 9.17) is 0 Å². The lowest BCUT2D eigenvalue weighted by atomic mass is 10.4. The number of rotatable bonds is 3. The van der Waals surface area contributed by atoms with Crippen LogP contribution in [0.5, 0.6) is 0 Å². The highest BCUT2D eigenvalue weighted by Crippen LogP contribution is 1.80. The van der Waals surface area contributed by atoms with E-state index in [2.05, 4.69) is 25.6 Å². The van der Waals surface area contributed by atoms with E-state index in [1.54, 1.807) is 0 Å². The second-order valence-corrected chi connectivity index (χ2v) is 1.88. The predicted molar refractivity (Wildman–Crippen MR) is 45.6 cm³/mol. The van der Waals surface area contributed by atoms with Gasteiger partial charge in [0.2, 0.25) is 0 Å². The minimum atomic E-state index is 0. The van der Waals surface area contributed by atoms with E-state index in [0.29, 0.717) is 0 Å². The molecule has 0 amide bonds. The molecule has 0 aliphatic carbocycles. The van der Waals surface area contributed by atoms with Crippen molar-refractivity contribution >= 4 is 12.4 Å². The molecule has 0 fully saturated rings. The zero-order chi connectivity index (χ0) is 5.70. The molecule has 58 valence electrons. The van der Waals surface area contributed by atoms with Gasteiger partial charge in [-0.2, -0.15) is 0 Å². The quantitative estimate of drug-likeness (QED) is 0.626. The molecule has 0 saturated heterocycles. The fourth-order valence-corrected chi connectivity index (χ4v) is 0.349. The van der Waals surface area contributed by atoms with Crippen molar-refractivity contribution in [1.82, 2.24) is 11.1 Å². The standard InChI is InChI=1S/C6H13N.ClH.H3N/c1-4-5-6-7(2)3;;/h4H,1,5-6H2,2-3H3;1H;1H3. The highest BCUT2D eigenvalue weighted by atomic mass is 35.5. The monoisotopic (exact) mass is 152 g/mol. The summed E-state index contributed by atoms with van der Waals surface area (Å²) in [5.41, 5.74) is 0. The van der Waals surface area contributed by atoms with Crippen LogP contribution in [0.4, 0.5) is 0 Å². The maximum atomic E-state index is 3.61. The summed E-state index contributed by atoms with van der Waals surface area (Å²) in [7, 11) is 4.12. The molecular formula is C6H17ClN2. The molecule has 0 saturated carbocycles. The zero-order valence-corrected chi connectivity index (χ0v) is 7.08. The molecule has 3 N–H and O–H groups in total. The Morgan fingerprint density at radius 3 is 2.00 bits per heavy atom. The molecule has 0 bridgehead atoms. The summed E-state index contributed by atoms with van der Waals surface area (Å²) < 4.78 is 0. The summed E-state index contributed by atoms with van der Waals surface area (Å²) in [5.74, 6) is 0. The van der Waals surface area contributed by atoms with Crippen LogP contribution in [0.15, 0.2) is 12.7 Å². The summed E-state index contributed by atoms with van der Waals surface area (Å²) in [4.78, 5) is 2.14. The third kappa shape index (κ3) is 18.0. The van der Waals surface area contributed by atoms with Crippen molar-refractivity contribution in [2.45, 2.75) is 6.42 Å². The molecule has 0 unspecified atom stereocenters. The minimum absolute atomic E-state index is 0. The van der Waals surface area contributed by atoms with Gasteiger partial charge in [-0.3, -0.25) is 0 Å². The third-order valence-electron chi connectivity index (χ3n) is 0.780. The number of hydrogen-bond acceptors (Lipinski definition) is 2. The predicted octanol–water partition coefficient (Wildman–Crippen LogP) is 1.71. The van der Waals surface area contributed by atoms with Crippen molar-refractivity contribution in [3.63, 3.8) is 0 Å². The van der Waals surface area contributed by atoms with Crippen LogP contribution < -0.4 is 6.15 Å². The largest absolute Gasteiger partial charge is 0.344 e. The van der Waals surface area contributed by atoms with Gasteiger partial charge in [0, 0.05) is 6.54 Å². The SMILES string of the molecule is C=CCCN(C)C.Cl.N. The smallest absolute Gasteiger partial charge is 0.000970 e. The lowest BCUT2D eigenvalue weighted by molar-refractivity contribution is 0.417. The van der Waals surface area contributed by atoms with E-state index in [1.807, 2.05) is 6.08 Å².